The van der Waals surface area contributed by atoms with Crippen molar-refractivity contribution in [2.45, 2.75) is 6.92 Å². The first-order valence-electron chi connectivity index (χ1n) is 8.19. The highest BCUT2D eigenvalue weighted by Gasteiger charge is 2.29. The summed E-state index contributed by atoms with van der Waals surface area (Å²) in [5.41, 5.74) is 8.18. The first-order valence-corrected chi connectivity index (χ1v) is 8.19. The van der Waals surface area contributed by atoms with Crippen molar-refractivity contribution in [1.29, 1.82) is 0 Å². The first-order chi connectivity index (χ1) is 12.1. The number of benzene rings is 3. The minimum absolute atomic E-state index is 0.237. The van der Waals surface area contributed by atoms with Gasteiger partial charge < -0.3 is 10.2 Å². The highest BCUT2D eigenvalue weighted by Crippen LogP contribution is 2.50. The monoisotopic (exact) mass is 326 g/mol. The second kappa shape index (κ2) is 5.67. The van der Waals surface area contributed by atoms with Crippen molar-refractivity contribution in [3.05, 3.63) is 101 Å². The molecule has 3 aromatic rings. The lowest BCUT2D eigenvalue weighted by molar-refractivity contribution is 0.474. The fraction of sp³-hybridized carbons (Fsp3) is 0.0435. The molecule has 0 spiro atoms. The summed E-state index contributed by atoms with van der Waals surface area (Å²) >= 11 is 0. The number of hydrogen-bond donors (Lipinski definition) is 2. The molecule has 122 valence electrons. The molecule has 0 saturated heterocycles. The molecule has 4 rings (SSSR count). The molecule has 1 aliphatic rings. The van der Waals surface area contributed by atoms with E-state index in [1.807, 2.05) is 43.3 Å². The van der Waals surface area contributed by atoms with Crippen molar-refractivity contribution in [1.82, 2.24) is 0 Å². The van der Waals surface area contributed by atoms with Crippen LogP contribution in [0.25, 0.3) is 16.7 Å². The van der Waals surface area contributed by atoms with Crippen molar-refractivity contribution >= 4 is 16.7 Å². The van der Waals surface area contributed by atoms with E-state index in [0.717, 1.165) is 44.5 Å². The van der Waals surface area contributed by atoms with Gasteiger partial charge in [-0.2, -0.15) is 0 Å². The molecule has 0 heterocycles. The van der Waals surface area contributed by atoms with Crippen LogP contribution < -0.4 is 0 Å². The minimum Gasteiger partial charge on any atom is -0.508 e. The number of aromatic hydroxyl groups is 2. The summed E-state index contributed by atoms with van der Waals surface area (Å²) in [5, 5.41) is 19.8. The quantitative estimate of drug-likeness (QED) is 0.662. The van der Waals surface area contributed by atoms with Crippen LogP contribution in [-0.2, 0) is 0 Å². The summed E-state index contributed by atoms with van der Waals surface area (Å²) in [4.78, 5) is 0. The lowest BCUT2D eigenvalue weighted by Gasteiger charge is -2.10. The molecule has 2 N–H and O–H groups in total. The molecule has 2 heteroatoms. The largest absolute Gasteiger partial charge is 0.508 e. The van der Waals surface area contributed by atoms with Crippen LogP contribution in [0.2, 0.25) is 0 Å². The first kappa shape index (κ1) is 15.3. The summed E-state index contributed by atoms with van der Waals surface area (Å²) < 4.78 is 0. The molecule has 0 radical (unpaired) electrons. The Balaban J connectivity index is 2.06. The highest BCUT2D eigenvalue weighted by atomic mass is 16.3. The smallest absolute Gasteiger partial charge is 0.116 e. The van der Waals surface area contributed by atoms with E-state index < -0.39 is 0 Å². The Morgan fingerprint density at radius 1 is 0.720 bits per heavy atom. The van der Waals surface area contributed by atoms with Gasteiger partial charge in [-0.3, -0.25) is 0 Å². The normalized spacial score (nSPS) is 13.2. The Morgan fingerprint density at radius 2 is 1.36 bits per heavy atom. The predicted octanol–water partition coefficient (Wildman–Crippen LogP) is 5.39. The van der Waals surface area contributed by atoms with Crippen LogP contribution in [0.4, 0.5) is 0 Å². The van der Waals surface area contributed by atoms with Crippen molar-refractivity contribution < 1.29 is 10.2 Å². The van der Waals surface area contributed by atoms with E-state index >= 15 is 0 Å². The Bertz CT molecular complexity index is 1010. The Hall–Kier alpha value is -3.26. The lowest BCUT2D eigenvalue weighted by atomic mass is 9.93. The number of rotatable bonds is 2. The number of phenols is 2. The Kier molecular flexibility index (Phi) is 3.47. The van der Waals surface area contributed by atoms with Gasteiger partial charge in [0.2, 0.25) is 0 Å². The Morgan fingerprint density at radius 3 is 2.04 bits per heavy atom. The Labute approximate surface area is 147 Å². The molecule has 0 saturated carbocycles. The van der Waals surface area contributed by atoms with Crippen molar-refractivity contribution in [2.24, 2.45) is 0 Å². The van der Waals surface area contributed by atoms with Gasteiger partial charge in [-0.1, -0.05) is 49.0 Å². The maximum Gasteiger partial charge on any atom is 0.116 e. The van der Waals surface area contributed by atoms with Gasteiger partial charge in [-0.05, 0) is 75.7 Å². The average Bonchev–Trinajstić information content (AvgIpc) is 2.89. The van der Waals surface area contributed by atoms with E-state index in [1.54, 1.807) is 18.2 Å². The van der Waals surface area contributed by atoms with Crippen molar-refractivity contribution in [3.63, 3.8) is 0 Å². The zero-order valence-corrected chi connectivity index (χ0v) is 14.0. The summed E-state index contributed by atoms with van der Waals surface area (Å²) in [6.07, 6.45) is 0. The molecule has 2 nitrogen and oxygen atoms in total. The van der Waals surface area contributed by atoms with Crippen LogP contribution in [0.1, 0.15) is 27.8 Å². The van der Waals surface area contributed by atoms with E-state index in [9.17, 15) is 10.2 Å². The maximum atomic E-state index is 10.1. The predicted molar refractivity (Wildman–Crippen MR) is 102 cm³/mol. The number of hydrogen-bond acceptors (Lipinski definition) is 2. The van der Waals surface area contributed by atoms with Gasteiger partial charge in [0.15, 0.2) is 0 Å². The van der Waals surface area contributed by atoms with Gasteiger partial charge >= 0.3 is 0 Å². The molecule has 0 fully saturated rings. The van der Waals surface area contributed by atoms with E-state index in [1.165, 1.54) is 0 Å². The molecular weight excluding hydrogens is 308 g/mol. The minimum atomic E-state index is 0.237. The molecule has 0 bridgehead atoms. The lowest BCUT2D eigenvalue weighted by Crippen LogP contribution is -1.90. The zero-order chi connectivity index (χ0) is 17.6. The second-order valence-corrected chi connectivity index (χ2v) is 6.33. The topological polar surface area (TPSA) is 40.5 Å². The third-order valence-electron chi connectivity index (χ3n) is 4.66. The fourth-order valence-corrected chi connectivity index (χ4v) is 3.63. The fourth-order valence-electron chi connectivity index (χ4n) is 3.63. The molecule has 0 aromatic heterocycles. The van der Waals surface area contributed by atoms with E-state index in [-0.39, 0.29) is 11.5 Å². The van der Waals surface area contributed by atoms with Gasteiger partial charge in [0.05, 0.1) is 0 Å². The molecule has 1 aliphatic carbocycles. The number of allylic oxidation sites excluding steroid dienone is 2. The van der Waals surface area contributed by atoms with Gasteiger partial charge in [-0.25, -0.2) is 0 Å². The molecule has 0 aliphatic heterocycles. The molecular formula is C23H18O2. The van der Waals surface area contributed by atoms with Crippen LogP contribution in [0, 0.1) is 6.92 Å². The van der Waals surface area contributed by atoms with Crippen molar-refractivity contribution in [2.75, 3.05) is 0 Å². The van der Waals surface area contributed by atoms with E-state index in [4.69, 9.17) is 0 Å². The summed E-state index contributed by atoms with van der Waals surface area (Å²) in [5.74, 6) is 0.491. The molecule has 25 heavy (non-hydrogen) atoms. The molecule has 0 atom stereocenters. The van der Waals surface area contributed by atoms with Crippen LogP contribution >= 0.6 is 0 Å². The number of phenolic OH excluding ortho intramolecular Hbond substituents is 2. The van der Waals surface area contributed by atoms with Crippen molar-refractivity contribution in [3.8, 4) is 11.5 Å². The standard InChI is InChI=1S/C23H18O2/c1-14-12-19(25)13-20-21(14)15(2)22(17-8-10-18(24)11-9-17)23(20)16-6-4-3-5-7-16/h3-13,24-25H,2H2,1H3. The zero-order valence-electron chi connectivity index (χ0n) is 14.0. The number of aryl methyl sites for hydroxylation is 1. The molecule has 0 unspecified atom stereocenters. The van der Waals surface area contributed by atoms with E-state index in [2.05, 4.69) is 18.7 Å². The van der Waals surface area contributed by atoms with Crippen LogP contribution in [-0.4, -0.2) is 10.2 Å². The third-order valence-corrected chi connectivity index (χ3v) is 4.66. The third kappa shape index (κ3) is 2.43. The average molecular weight is 326 g/mol. The maximum absolute atomic E-state index is 10.1. The second-order valence-electron chi connectivity index (χ2n) is 6.33. The number of fused-ring (bicyclic) bond motifs is 1. The molecule has 3 aromatic carbocycles. The molecule has 0 amide bonds. The summed E-state index contributed by atoms with van der Waals surface area (Å²) in [6.45, 7) is 6.33. The van der Waals surface area contributed by atoms with Crippen LogP contribution in [0.3, 0.4) is 0 Å². The van der Waals surface area contributed by atoms with E-state index in [0.29, 0.717) is 0 Å². The van der Waals surface area contributed by atoms with Crippen LogP contribution in [0.5, 0.6) is 11.5 Å². The van der Waals surface area contributed by atoms with Crippen LogP contribution in [0.15, 0.2) is 73.3 Å². The SMILES string of the molecule is C=C1C(c2ccc(O)cc2)=C(c2ccccc2)c2cc(O)cc(C)c21. The summed E-state index contributed by atoms with van der Waals surface area (Å²) in [6, 6.07) is 20.9. The van der Waals surface area contributed by atoms with Gasteiger partial charge in [0.25, 0.3) is 0 Å². The highest BCUT2D eigenvalue weighted by molar-refractivity contribution is 6.24. The summed E-state index contributed by atoms with van der Waals surface area (Å²) in [7, 11) is 0. The van der Waals surface area contributed by atoms with Gasteiger partial charge in [0.1, 0.15) is 11.5 Å². The van der Waals surface area contributed by atoms with Gasteiger partial charge in [0, 0.05) is 0 Å². The van der Waals surface area contributed by atoms with Gasteiger partial charge in [-0.15, -0.1) is 0 Å².